The van der Waals surface area contributed by atoms with E-state index in [-0.39, 0.29) is 11.5 Å². The third-order valence-corrected chi connectivity index (χ3v) is 3.21. The van der Waals surface area contributed by atoms with Gasteiger partial charge in [-0.15, -0.1) is 0 Å². The standard InChI is InChI=1S/C10H14N4O5S/c1-6-3-4-7(9(11)12-16)5-8(6)13-20(17,18)14-10(15)19-2/h3-5,13,16H,1-2H3,(H2,11,12)(H,14,15). The zero-order valence-corrected chi connectivity index (χ0v) is 11.6. The van der Waals surface area contributed by atoms with Gasteiger partial charge in [-0.05, 0) is 18.6 Å². The number of rotatable bonds is 4. The highest BCUT2D eigenvalue weighted by Gasteiger charge is 2.16. The van der Waals surface area contributed by atoms with Gasteiger partial charge in [0.1, 0.15) is 0 Å². The third-order valence-electron chi connectivity index (χ3n) is 2.29. The van der Waals surface area contributed by atoms with Crippen molar-refractivity contribution in [1.82, 2.24) is 4.72 Å². The van der Waals surface area contributed by atoms with Crippen molar-refractivity contribution < 1.29 is 23.2 Å². The minimum Gasteiger partial charge on any atom is -0.452 e. The highest BCUT2D eigenvalue weighted by atomic mass is 32.2. The zero-order valence-electron chi connectivity index (χ0n) is 10.7. The number of carbonyl (C=O) groups is 1. The van der Waals surface area contributed by atoms with Crippen LogP contribution in [0.2, 0.25) is 0 Å². The summed E-state index contributed by atoms with van der Waals surface area (Å²) in [5.74, 6) is -0.175. The van der Waals surface area contributed by atoms with Crippen molar-refractivity contribution in [2.45, 2.75) is 6.92 Å². The van der Waals surface area contributed by atoms with E-state index in [1.807, 2.05) is 0 Å². The molecule has 1 amide bonds. The van der Waals surface area contributed by atoms with Crippen molar-refractivity contribution in [2.24, 2.45) is 10.9 Å². The van der Waals surface area contributed by atoms with Crippen LogP contribution < -0.4 is 15.2 Å². The van der Waals surface area contributed by atoms with Gasteiger partial charge in [0.25, 0.3) is 0 Å². The van der Waals surface area contributed by atoms with Crippen LogP contribution in [0.4, 0.5) is 10.5 Å². The molecule has 0 saturated heterocycles. The molecule has 0 aromatic heterocycles. The van der Waals surface area contributed by atoms with Crippen LogP contribution in [0.15, 0.2) is 23.4 Å². The number of amides is 1. The number of nitrogens with two attached hydrogens (primary N) is 1. The van der Waals surface area contributed by atoms with Gasteiger partial charge in [0, 0.05) is 5.56 Å². The number of benzene rings is 1. The second kappa shape index (κ2) is 6.10. The molecule has 5 N–H and O–H groups in total. The number of anilines is 1. The van der Waals surface area contributed by atoms with Crippen LogP contribution in [-0.2, 0) is 14.9 Å². The summed E-state index contributed by atoms with van der Waals surface area (Å²) in [7, 11) is -3.10. The summed E-state index contributed by atoms with van der Waals surface area (Å²) < 4.78 is 31.2. The molecule has 0 bridgehead atoms. The number of oxime groups is 1. The SMILES string of the molecule is COC(=O)NS(=O)(=O)Nc1cc(/C(N)=N/O)ccc1C. The van der Waals surface area contributed by atoms with Crippen LogP contribution in [0.25, 0.3) is 0 Å². The Morgan fingerprint density at radius 2 is 2.10 bits per heavy atom. The van der Waals surface area contributed by atoms with E-state index >= 15 is 0 Å². The highest BCUT2D eigenvalue weighted by molar-refractivity contribution is 7.91. The fraction of sp³-hybridized carbons (Fsp3) is 0.200. The quantitative estimate of drug-likeness (QED) is 0.269. The van der Waals surface area contributed by atoms with Gasteiger partial charge < -0.3 is 15.7 Å². The maximum absolute atomic E-state index is 11.6. The Morgan fingerprint density at radius 1 is 1.45 bits per heavy atom. The van der Waals surface area contributed by atoms with E-state index in [1.54, 1.807) is 23.8 Å². The Bertz CT molecular complexity index is 641. The molecule has 0 radical (unpaired) electrons. The van der Waals surface area contributed by atoms with Gasteiger partial charge in [-0.2, -0.15) is 8.42 Å². The summed E-state index contributed by atoms with van der Waals surface area (Å²) in [6.07, 6.45) is -1.12. The Balaban J connectivity index is 3.06. The molecule has 0 aliphatic rings. The van der Waals surface area contributed by atoms with E-state index in [0.29, 0.717) is 11.1 Å². The van der Waals surface area contributed by atoms with Crippen molar-refractivity contribution >= 4 is 27.8 Å². The lowest BCUT2D eigenvalue weighted by Gasteiger charge is -2.12. The number of nitrogens with one attached hydrogen (secondary N) is 2. The van der Waals surface area contributed by atoms with E-state index in [9.17, 15) is 13.2 Å². The van der Waals surface area contributed by atoms with Gasteiger partial charge in [-0.1, -0.05) is 17.3 Å². The van der Waals surface area contributed by atoms with Crippen molar-refractivity contribution in [3.63, 3.8) is 0 Å². The van der Waals surface area contributed by atoms with Crippen molar-refractivity contribution in [3.8, 4) is 0 Å². The fourth-order valence-corrected chi connectivity index (χ4v) is 2.13. The lowest BCUT2D eigenvalue weighted by atomic mass is 10.1. The van der Waals surface area contributed by atoms with Gasteiger partial charge in [-0.3, -0.25) is 4.72 Å². The normalized spacial score (nSPS) is 11.8. The second-order valence-electron chi connectivity index (χ2n) is 3.71. The monoisotopic (exact) mass is 302 g/mol. The molecule has 1 aromatic rings. The molecule has 0 atom stereocenters. The number of amidine groups is 1. The lowest BCUT2D eigenvalue weighted by Crippen LogP contribution is -2.35. The molecule has 0 saturated carbocycles. The van der Waals surface area contributed by atoms with Gasteiger partial charge in [0.05, 0.1) is 12.8 Å². The van der Waals surface area contributed by atoms with E-state index in [0.717, 1.165) is 7.11 Å². The summed E-state index contributed by atoms with van der Waals surface area (Å²) in [5, 5.41) is 11.4. The average molecular weight is 302 g/mol. The number of hydrogen-bond acceptors (Lipinski definition) is 6. The zero-order chi connectivity index (χ0) is 15.3. The van der Waals surface area contributed by atoms with Crippen molar-refractivity contribution in [2.75, 3.05) is 11.8 Å². The lowest BCUT2D eigenvalue weighted by molar-refractivity contribution is 0.177. The smallest absolute Gasteiger partial charge is 0.422 e. The topological polar surface area (TPSA) is 143 Å². The molecular weight excluding hydrogens is 288 g/mol. The Labute approximate surface area is 115 Å². The van der Waals surface area contributed by atoms with E-state index < -0.39 is 16.3 Å². The van der Waals surface area contributed by atoms with Crippen LogP contribution in [0, 0.1) is 6.92 Å². The number of ether oxygens (including phenoxy) is 1. The molecule has 0 aliphatic heterocycles. The third kappa shape index (κ3) is 4.02. The molecule has 0 unspecified atom stereocenters. The summed E-state index contributed by atoms with van der Waals surface area (Å²) in [6.45, 7) is 1.64. The number of nitrogens with zero attached hydrogens (tertiary/aromatic N) is 1. The van der Waals surface area contributed by atoms with Crippen LogP contribution in [0.3, 0.4) is 0 Å². The minimum absolute atomic E-state index is 0.172. The molecule has 1 rings (SSSR count). The highest BCUT2D eigenvalue weighted by Crippen LogP contribution is 2.17. The number of aryl methyl sites for hydroxylation is 1. The first-order valence-electron chi connectivity index (χ1n) is 5.26. The molecular formula is C10H14N4O5S. The molecule has 1 aromatic carbocycles. The Morgan fingerprint density at radius 3 is 2.65 bits per heavy atom. The Hall–Kier alpha value is -2.49. The second-order valence-corrected chi connectivity index (χ2v) is 5.13. The van der Waals surface area contributed by atoms with Crippen LogP contribution in [-0.4, -0.2) is 32.7 Å². The summed E-state index contributed by atoms with van der Waals surface area (Å²) >= 11 is 0. The van der Waals surface area contributed by atoms with Crippen LogP contribution in [0.5, 0.6) is 0 Å². The van der Waals surface area contributed by atoms with Gasteiger partial charge in [-0.25, -0.2) is 9.52 Å². The average Bonchev–Trinajstić information content (AvgIpc) is 2.39. The van der Waals surface area contributed by atoms with Crippen LogP contribution >= 0.6 is 0 Å². The predicted octanol–water partition coefficient (Wildman–Crippen LogP) is 0.102. The van der Waals surface area contributed by atoms with Crippen molar-refractivity contribution in [1.29, 1.82) is 0 Å². The molecule has 10 heteroatoms. The maximum Gasteiger partial charge on any atom is 0.422 e. The van der Waals surface area contributed by atoms with Crippen LogP contribution in [0.1, 0.15) is 11.1 Å². The van der Waals surface area contributed by atoms with Gasteiger partial charge in [0.2, 0.25) is 0 Å². The molecule has 0 aliphatic carbocycles. The summed E-state index contributed by atoms with van der Waals surface area (Å²) in [4.78, 5) is 10.9. The largest absolute Gasteiger partial charge is 0.452 e. The first-order chi connectivity index (χ1) is 9.29. The van der Waals surface area contributed by atoms with Crippen molar-refractivity contribution in [3.05, 3.63) is 29.3 Å². The molecule has 20 heavy (non-hydrogen) atoms. The predicted molar refractivity (Wildman–Crippen MR) is 71.8 cm³/mol. The molecule has 110 valence electrons. The summed E-state index contributed by atoms with van der Waals surface area (Å²) in [5.41, 5.74) is 6.48. The first kappa shape index (κ1) is 15.6. The van der Waals surface area contributed by atoms with Gasteiger partial charge in [0.15, 0.2) is 5.84 Å². The van der Waals surface area contributed by atoms with E-state index in [2.05, 4.69) is 14.6 Å². The summed E-state index contributed by atoms with van der Waals surface area (Å²) in [6, 6.07) is 4.49. The van der Waals surface area contributed by atoms with E-state index in [4.69, 9.17) is 10.9 Å². The number of hydrogen-bond donors (Lipinski definition) is 4. The fourth-order valence-electron chi connectivity index (χ4n) is 1.27. The maximum atomic E-state index is 11.6. The number of carbonyl (C=O) groups excluding carboxylic acids is 1. The van der Waals surface area contributed by atoms with Gasteiger partial charge >= 0.3 is 16.3 Å². The molecule has 0 spiro atoms. The molecule has 0 heterocycles. The minimum atomic E-state index is -4.14. The number of methoxy groups -OCH3 is 1. The Kier molecular flexibility index (Phi) is 4.75. The molecule has 9 nitrogen and oxygen atoms in total. The molecule has 0 fully saturated rings. The first-order valence-corrected chi connectivity index (χ1v) is 6.74. The van der Waals surface area contributed by atoms with E-state index in [1.165, 1.54) is 6.07 Å².